The molecule has 0 aliphatic carbocycles. The molecule has 1 aliphatic heterocycles. The number of para-hydroxylation sites is 2. The molecule has 6 heteroatoms. The molecule has 0 saturated carbocycles. The van der Waals surface area contributed by atoms with Crippen LogP contribution in [0.1, 0.15) is 0 Å². The fourth-order valence-corrected chi connectivity index (χ4v) is 4.45. The molecule has 0 bridgehead atoms. The molecular weight excluding hydrogens is 320 g/mol. The van der Waals surface area contributed by atoms with Crippen molar-refractivity contribution >= 4 is 33.7 Å². The van der Waals surface area contributed by atoms with Crippen molar-refractivity contribution in [1.82, 2.24) is 9.38 Å². The van der Waals surface area contributed by atoms with Gasteiger partial charge in [0.25, 0.3) is 0 Å². The molecule has 2 N–H and O–H groups in total. The van der Waals surface area contributed by atoms with Crippen LogP contribution in [-0.4, -0.2) is 15.4 Å². The number of rotatable bonds is 0. The predicted molar refractivity (Wildman–Crippen MR) is 95.7 cm³/mol. The quantitative estimate of drug-likeness (QED) is 0.523. The summed E-state index contributed by atoms with van der Waals surface area (Å²) in [6.45, 7) is 0. The first-order valence-electron chi connectivity index (χ1n) is 7.50. The minimum absolute atomic E-state index is 0.494. The van der Waals surface area contributed by atoms with Crippen LogP contribution in [-0.2, 0) is 0 Å². The summed E-state index contributed by atoms with van der Waals surface area (Å²) < 4.78 is 2.07. The molecule has 24 heavy (non-hydrogen) atoms. The first kappa shape index (κ1) is 13.3. The first-order valence-corrected chi connectivity index (χ1v) is 8.31. The predicted octanol–water partition coefficient (Wildman–Crippen LogP) is 4.26. The number of thiazole rings is 1. The zero-order chi connectivity index (χ0) is 16.3. The van der Waals surface area contributed by atoms with E-state index in [9.17, 15) is 4.79 Å². The van der Waals surface area contributed by atoms with E-state index in [2.05, 4.69) is 9.38 Å². The molecular formula is C18H12N4OS. The van der Waals surface area contributed by atoms with Gasteiger partial charge in [0.2, 0.25) is 0 Å². The average Bonchev–Trinajstić information content (AvgIpc) is 3.14. The topological polar surface area (TPSA) is 63.6 Å². The Morgan fingerprint density at radius 2 is 1.67 bits per heavy atom. The van der Waals surface area contributed by atoms with Crippen LogP contribution in [0.25, 0.3) is 26.7 Å². The Bertz CT molecular complexity index is 1110. The number of amides is 2. The Morgan fingerprint density at radius 3 is 2.42 bits per heavy atom. The number of fused-ring (bicyclic) bond motifs is 7. The van der Waals surface area contributed by atoms with Crippen LogP contribution in [0.5, 0.6) is 0 Å². The lowest BCUT2D eigenvalue weighted by atomic mass is 10.1. The van der Waals surface area contributed by atoms with Gasteiger partial charge >= 0.3 is 6.03 Å². The third kappa shape index (κ3) is 1.63. The van der Waals surface area contributed by atoms with E-state index in [1.807, 2.05) is 54.7 Å². The number of hydrogen-bond donors (Lipinski definition) is 1. The molecule has 2 aromatic carbocycles. The minimum atomic E-state index is -0.494. The zero-order valence-corrected chi connectivity index (χ0v) is 13.3. The maximum absolute atomic E-state index is 12.3. The lowest BCUT2D eigenvalue weighted by Crippen LogP contribution is -2.31. The van der Waals surface area contributed by atoms with E-state index in [-0.39, 0.29) is 0 Å². The number of carbonyl (C=O) groups excluding carboxylic acids is 1. The van der Waals surface area contributed by atoms with Gasteiger partial charge in [-0.15, -0.1) is 0 Å². The van der Waals surface area contributed by atoms with Crippen LogP contribution in [0.15, 0.2) is 60.9 Å². The normalized spacial score (nSPS) is 12.4. The van der Waals surface area contributed by atoms with Crippen molar-refractivity contribution in [2.45, 2.75) is 0 Å². The number of aromatic nitrogens is 2. The number of nitrogens with two attached hydrogens (primary N) is 1. The van der Waals surface area contributed by atoms with E-state index in [1.54, 1.807) is 22.4 Å². The molecule has 5 nitrogen and oxygen atoms in total. The highest BCUT2D eigenvalue weighted by atomic mass is 32.1. The van der Waals surface area contributed by atoms with E-state index in [1.165, 1.54) is 0 Å². The van der Waals surface area contributed by atoms with Gasteiger partial charge in [0, 0.05) is 23.5 Å². The van der Waals surface area contributed by atoms with Gasteiger partial charge in [0.1, 0.15) is 0 Å². The van der Waals surface area contributed by atoms with Crippen molar-refractivity contribution in [1.29, 1.82) is 0 Å². The molecule has 1 aliphatic rings. The van der Waals surface area contributed by atoms with Crippen molar-refractivity contribution in [3.63, 3.8) is 0 Å². The van der Waals surface area contributed by atoms with E-state index in [0.717, 1.165) is 38.0 Å². The number of urea groups is 1. The highest BCUT2D eigenvalue weighted by Gasteiger charge is 2.30. The number of imidazole rings is 1. The summed E-state index contributed by atoms with van der Waals surface area (Å²) in [4.78, 5) is 20.3. The van der Waals surface area contributed by atoms with Gasteiger partial charge in [0.15, 0.2) is 4.96 Å². The standard InChI is InChI=1S/C18H12N4OS/c19-17(23)22-13-7-3-1-5-11(13)15-16(12-6-2-4-8-14(12)22)24-18-20-9-10-21(15)18/h1-10H,(H2,19,23). The maximum atomic E-state index is 12.3. The summed E-state index contributed by atoms with van der Waals surface area (Å²) in [6.07, 6.45) is 3.74. The Morgan fingerprint density at radius 1 is 1.00 bits per heavy atom. The van der Waals surface area contributed by atoms with Crippen LogP contribution < -0.4 is 10.6 Å². The summed E-state index contributed by atoms with van der Waals surface area (Å²) in [6, 6.07) is 15.2. The Balaban J connectivity index is 2.01. The van der Waals surface area contributed by atoms with Crippen molar-refractivity contribution in [2.24, 2.45) is 5.73 Å². The maximum Gasteiger partial charge on any atom is 0.323 e. The third-order valence-corrected chi connectivity index (χ3v) is 5.37. The zero-order valence-electron chi connectivity index (χ0n) is 12.5. The molecule has 0 unspecified atom stereocenters. The Labute approximate surface area is 141 Å². The van der Waals surface area contributed by atoms with Crippen molar-refractivity contribution in [3.8, 4) is 21.7 Å². The van der Waals surface area contributed by atoms with Gasteiger partial charge in [-0.3, -0.25) is 9.30 Å². The van der Waals surface area contributed by atoms with Gasteiger partial charge in [0.05, 0.1) is 21.9 Å². The van der Waals surface area contributed by atoms with Crippen LogP contribution in [0.3, 0.4) is 0 Å². The van der Waals surface area contributed by atoms with Gasteiger partial charge in [-0.25, -0.2) is 9.78 Å². The Hall–Kier alpha value is -3.12. The molecule has 3 heterocycles. The highest BCUT2D eigenvalue weighted by molar-refractivity contribution is 7.21. The largest absolute Gasteiger partial charge is 0.351 e. The second-order valence-corrected chi connectivity index (χ2v) is 6.55. The van der Waals surface area contributed by atoms with Gasteiger partial charge in [-0.2, -0.15) is 0 Å². The number of anilines is 2. The fraction of sp³-hybridized carbons (Fsp3) is 0. The van der Waals surface area contributed by atoms with Gasteiger partial charge in [-0.05, 0) is 12.1 Å². The van der Waals surface area contributed by atoms with Crippen molar-refractivity contribution < 1.29 is 4.79 Å². The van der Waals surface area contributed by atoms with E-state index >= 15 is 0 Å². The van der Waals surface area contributed by atoms with Crippen LogP contribution >= 0.6 is 11.3 Å². The smallest absolute Gasteiger partial charge is 0.323 e. The van der Waals surface area contributed by atoms with Gasteiger partial charge in [-0.1, -0.05) is 47.7 Å². The van der Waals surface area contributed by atoms with Crippen LogP contribution in [0, 0.1) is 0 Å². The minimum Gasteiger partial charge on any atom is -0.351 e. The van der Waals surface area contributed by atoms with Crippen LogP contribution in [0.2, 0.25) is 0 Å². The molecule has 0 atom stereocenters. The highest BCUT2D eigenvalue weighted by Crippen LogP contribution is 2.50. The van der Waals surface area contributed by atoms with Crippen molar-refractivity contribution in [2.75, 3.05) is 4.90 Å². The monoisotopic (exact) mass is 332 g/mol. The first-order chi connectivity index (χ1) is 11.8. The Kier molecular flexibility index (Phi) is 2.60. The van der Waals surface area contributed by atoms with Crippen LogP contribution in [0.4, 0.5) is 16.2 Å². The molecule has 116 valence electrons. The summed E-state index contributed by atoms with van der Waals surface area (Å²) >= 11 is 1.61. The summed E-state index contributed by atoms with van der Waals surface area (Å²) in [5.74, 6) is 0. The molecule has 0 saturated heterocycles. The molecule has 2 amide bonds. The SMILES string of the molecule is NC(=O)N1c2ccccc2-c2sc3nccn3c2-c2ccccc21. The second-order valence-electron chi connectivity index (χ2n) is 5.57. The number of carbonyl (C=O) groups is 1. The summed E-state index contributed by atoms with van der Waals surface area (Å²) in [7, 11) is 0. The molecule has 5 rings (SSSR count). The fourth-order valence-electron chi connectivity index (χ4n) is 3.32. The second kappa shape index (κ2) is 4.69. The number of primary amides is 1. The van der Waals surface area contributed by atoms with Crippen molar-refractivity contribution in [3.05, 3.63) is 60.9 Å². The molecule has 0 radical (unpaired) electrons. The molecule has 0 fully saturated rings. The molecule has 2 aromatic heterocycles. The van der Waals surface area contributed by atoms with E-state index < -0.39 is 6.03 Å². The molecule has 0 spiro atoms. The van der Waals surface area contributed by atoms with Gasteiger partial charge < -0.3 is 5.73 Å². The summed E-state index contributed by atoms with van der Waals surface area (Å²) in [5, 5.41) is 0. The summed E-state index contributed by atoms with van der Waals surface area (Å²) in [5.41, 5.74) is 10.3. The van der Waals surface area contributed by atoms with E-state index in [0.29, 0.717) is 0 Å². The average molecular weight is 332 g/mol. The third-order valence-electron chi connectivity index (χ3n) is 4.27. The number of nitrogens with zero attached hydrogens (tertiary/aromatic N) is 3. The van der Waals surface area contributed by atoms with E-state index in [4.69, 9.17) is 5.73 Å². The lowest BCUT2D eigenvalue weighted by Gasteiger charge is -2.22. The number of benzene rings is 2. The molecule has 4 aromatic rings. The number of hydrogen-bond acceptors (Lipinski definition) is 3. The lowest BCUT2D eigenvalue weighted by molar-refractivity contribution is 0.256.